The molecule has 0 fully saturated rings. The highest BCUT2D eigenvalue weighted by molar-refractivity contribution is 5.70. The van der Waals surface area contributed by atoms with E-state index in [0.29, 0.717) is 5.75 Å². The number of rotatable bonds is 5. The molecule has 0 bridgehead atoms. The zero-order chi connectivity index (χ0) is 14.4. The molecule has 0 saturated heterocycles. The van der Waals surface area contributed by atoms with Crippen LogP contribution < -0.4 is 10.5 Å². The molecule has 0 spiro atoms. The van der Waals surface area contributed by atoms with Crippen LogP contribution in [0.1, 0.15) is 17.2 Å². The molecule has 20 heavy (non-hydrogen) atoms. The summed E-state index contributed by atoms with van der Waals surface area (Å²) in [5, 5.41) is 0. The Kier molecular flexibility index (Phi) is 4.74. The Morgan fingerprint density at radius 2 is 1.80 bits per heavy atom. The number of nitrogens with two attached hydrogens (primary N) is 1. The normalized spacial score (nSPS) is 11.7. The lowest BCUT2D eigenvalue weighted by atomic mass is 10.00. The van der Waals surface area contributed by atoms with E-state index < -0.39 is 5.97 Å². The quantitative estimate of drug-likeness (QED) is 0.847. The Hall–Kier alpha value is -2.33. The lowest BCUT2D eigenvalue weighted by Gasteiger charge is -2.14. The molecule has 0 aliphatic carbocycles. The highest BCUT2D eigenvalue weighted by Crippen LogP contribution is 2.23. The van der Waals surface area contributed by atoms with Gasteiger partial charge < -0.3 is 15.2 Å². The van der Waals surface area contributed by atoms with Crippen LogP contribution in [0.15, 0.2) is 54.6 Å². The predicted octanol–water partition coefficient (Wildman–Crippen LogP) is 2.29. The Balaban J connectivity index is 2.11. The van der Waals surface area contributed by atoms with Crippen LogP contribution in [0.5, 0.6) is 5.75 Å². The van der Waals surface area contributed by atoms with E-state index >= 15 is 0 Å². The van der Waals surface area contributed by atoms with Crippen molar-refractivity contribution >= 4 is 5.97 Å². The molecule has 4 heteroatoms. The minimum atomic E-state index is -0.414. The molecule has 0 heterocycles. The van der Waals surface area contributed by atoms with Crippen molar-refractivity contribution in [3.8, 4) is 5.75 Å². The number of methoxy groups -OCH3 is 1. The minimum Gasteiger partial charge on any atom is -0.482 e. The molecule has 0 saturated carbocycles. The molecule has 1 atom stereocenters. The molecule has 0 aliphatic heterocycles. The summed E-state index contributed by atoms with van der Waals surface area (Å²) in [4.78, 5) is 11.1. The second-order valence-electron chi connectivity index (χ2n) is 4.33. The highest BCUT2D eigenvalue weighted by Gasteiger charge is 2.09. The third-order valence-corrected chi connectivity index (χ3v) is 2.96. The van der Waals surface area contributed by atoms with Gasteiger partial charge in [-0.25, -0.2) is 4.79 Å². The van der Waals surface area contributed by atoms with Gasteiger partial charge in [-0.3, -0.25) is 0 Å². The molecular formula is C16H17NO3. The number of esters is 1. The first-order valence-electron chi connectivity index (χ1n) is 6.31. The summed E-state index contributed by atoms with van der Waals surface area (Å²) in [5.41, 5.74) is 8.17. The summed E-state index contributed by atoms with van der Waals surface area (Å²) in [5.74, 6) is 0.182. The molecule has 1 unspecified atom stereocenters. The minimum absolute atomic E-state index is 0.111. The number of carbonyl (C=O) groups excluding carboxylic acids is 1. The SMILES string of the molecule is COC(=O)COc1cccc(C(N)c2ccccc2)c1. The lowest BCUT2D eigenvalue weighted by Crippen LogP contribution is -2.14. The van der Waals surface area contributed by atoms with Gasteiger partial charge in [0.05, 0.1) is 13.2 Å². The second-order valence-corrected chi connectivity index (χ2v) is 4.33. The molecule has 0 aromatic heterocycles. The molecule has 4 nitrogen and oxygen atoms in total. The van der Waals surface area contributed by atoms with Gasteiger partial charge in [0.25, 0.3) is 0 Å². The van der Waals surface area contributed by atoms with E-state index in [-0.39, 0.29) is 12.6 Å². The fraction of sp³-hybridized carbons (Fsp3) is 0.188. The third-order valence-electron chi connectivity index (χ3n) is 2.96. The van der Waals surface area contributed by atoms with Crippen molar-refractivity contribution in [1.29, 1.82) is 0 Å². The average molecular weight is 271 g/mol. The van der Waals surface area contributed by atoms with Crippen LogP contribution in [0.25, 0.3) is 0 Å². The summed E-state index contributed by atoms with van der Waals surface area (Å²) in [6.07, 6.45) is 0. The molecule has 2 aromatic carbocycles. The van der Waals surface area contributed by atoms with Crippen molar-refractivity contribution in [2.45, 2.75) is 6.04 Å². The molecule has 2 N–H and O–H groups in total. The number of carbonyl (C=O) groups is 1. The maximum atomic E-state index is 11.1. The maximum absolute atomic E-state index is 11.1. The Morgan fingerprint density at radius 3 is 2.50 bits per heavy atom. The van der Waals surface area contributed by atoms with Crippen LogP contribution in [0.3, 0.4) is 0 Å². The Bertz CT molecular complexity index is 569. The summed E-state index contributed by atoms with van der Waals surface area (Å²) < 4.78 is 9.89. The number of benzene rings is 2. The molecule has 104 valence electrons. The second kappa shape index (κ2) is 6.73. The van der Waals surface area contributed by atoms with Crippen LogP contribution in [0.4, 0.5) is 0 Å². The lowest BCUT2D eigenvalue weighted by molar-refractivity contribution is -0.142. The van der Waals surface area contributed by atoms with Crippen molar-refractivity contribution in [3.63, 3.8) is 0 Å². The Labute approximate surface area is 118 Å². The molecular weight excluding hydrogens is 254 g/mol. The van der Waals surface area contributed by atoms with Crippen LogP contribution in [0.2, 0.25) is 0 Å². The first-order chi connectivity index (χ1) is 9.70. The smallest absolute Gasteiger partial charge is 0.343 e. The van der Waals surface area contributed by atoms with Crippen molar-refractivity contribution in [1.82, 2.24) is 0 Å². The first-order valence-corrected chi connectivity index (χ1v) is 6.31. The fourth-order valence-corrected chi connectivity index (χ4v) is 1.85. The van der Waals surface area contributed by atoms with E-state index in [9.17, 15) is 4.79 Å². The van der Waals surface area contributed by atoms with Gasteiger partial charge in [0, 0.05) is 0 Å². The van der Waals surface area contributed by atoms with Crippen molar-refractivity contribution in [3.05, 3.63) is 65.7 Å². The van der Waals surface area contributed by atoms with Crippen LogP contribution in [-0.2, 0) is 9.53 Å². The van der Waals surface area contributed by atoms with Crippen LogP contribution in [0, 0.1) is 0 Å². The fourth-order valence-electron chi connectivity index (χ4n) is 1.85. The van der Waals surface area contributed by atoms with Gasteiger partial charge in [-0.05, 0) is 23.3 Å². The molecule has 2 rings (SSSR count). The summed E-state index contributed by atoms with van der Waals surface area (Å²) in [6, 6.07) is 17.0. The number of hydrogen-bond donors (Lipinski definition) is 1. The zero-order valence-corrected chi connectivity index (χ0v) is 11.3. The van der Waals surface area contributed by atoms with Crippen molar-refractivity contribution < 1.29 is 14.3 Å². The van der Waals surface area contributed by atoms with Crippen molar-refractivity contribution in [2.75, 3.05) is 13.7 Å². The zero-order valence-electron chi connectivity index (χ0n) is 11.3. The predicted molar refractivity (Wildman–Crippen MR) is 76.4 cm³/mol. The van der Waals surface area contributed by atoms with Gasteiger partial charge in [-0.1, -0.05) is 42.5 Å². The summed E-state index contributed by atoms with van der Waals surface area (Å²) >= 11 is 0. The monoisotopic (exact) mass is 271 g/mol. The topological polar surface area (TPSA) is 61.5 Å². The molecule has 0 aliphatic rings. The van der Waals surface area contributed by atoms with E-state index in [1.165, 1.54) is 7.11 Å². The van der Waals surface area contributed by atoms with E-state index in [1.54, 1.807) is 6.07 Å². The van der Waals surface area contributed by atoms with Crippen molar-refractivity contribution in [2.24, 2.45) is 5.73 Å². The molecule has 2 aromatic rings. The summed E-state index contributed by atoms with van der Waals surface area (Å²) in [7, 11) is 1.33. The standard InChI is InChI=1S/C16H17NO3/c1-19-15(18)11-20-14-9-5-8-13(10-14)16(17)12-6-3-2-4-7-12/h2-10,16H,11,17H2,1H3. The number of ether oxygens (including phenoxy) is 2. The summed E-state index contributed by atoms with van der Waals surface area (Å²) in [6.45, 7) is -0.111. The maximum Gasteiger partial charge on any atom is 0.343 e. The van der Waals surface area contributed by atoms with Gasteiger partial charge in [-0.2, -0.15) is 0 Å². The van der Waals surface area contributed by atoms with Crippen LogP contribution >= 0.6 is 0 Å². The van der Waals surface area contributed by atoms with E-state index in [0.717, 1.165) is 11.1 Å². The van der Waals surface area contributed by atoms with Gasteiger partial charge in [-0.15, -0.1) is 0 Å². The largest absolute Gasteiger partial charge is 0.482 e. The number of hydrogen-bond acceptors (Lipinski definition) is 4. The van der Waals surface area contributed by atoms with Gasteiger partial charge in [0.1, 0.15) is 5.75 Å². The van der Waals surface area contributed by atoms with E-state index in [2.05, 4.69) is 4.74 Å². The van der Waals surface area contributed by atoms with E-state index in [1.807, 2.05) is 48.5 Å². The van der Waals surface area contributed by atoms with Gasteiger partial charge in [0.15, 0.2) is 6.61 Å². The van der Waals surface area contributed by atoms with Crippen LogP contribution in [-0.4, -0.2) is 19.7 Å². The first kappa shape index (κ1) is 14.1. The third kappa shape index (κ3) is 3.59. The molecule has 0 radical (unpaired) electrons. The average Bonchev–Trinajstić information content (AvgIpc) is 2.53. The molecule has 0 amide bonds. The van der Waals surface area contributed by atoms with Gasteiger partial charge in [0.2, 0.25) is 0 Å². The Morgan fingerprint density at radius 1 is 1.10 bits per heavy atom. The van der Waals surface area contributed by atoms with E-state index in [4.69, 9.17) is 10.5 Å². The highest BCUT2D eigenvalue weighted by atomic mass is 16.6. The van der Waals surface area contributed by atoms with Gasteiger partial charge >= 0.3 is 5.97 Å².